The van der Waals surface area contributed by atoms with Crippen LogP contribution in [0.4, 0.5) is 0 Å². The van der Waals surface area contributed by atoms with Gasteiger partial charge in [-0.2, -0.15) is 0 Å². The van der Waals surface area contributed by atoms with E-state index in [0.29, 0.717) is 18.8 Å². The number of carbonyl (C=O) groups is 1. The number of carbonyl (C=O) groups excluding carboxylic acids is 1. The van der Waals surface area contributed by atoms with Crippen LogP contribution in [0.15, 0.2) is 5.16 Å². The van der Waals surface area contributed by atoms with Gasteiger partial charge in [-0.3, -0.25) is 4.79 Å². The molecule has 0 amide bonds. The van der Waals surface area contributed by atoms with Crippen LogP contribution in [0.25, 0.3) is 0 Å². The molecule has 1 aromatic rings. The first kappa shape index (κ1) is 15.9. The molecule has 6 heteroatoms. The molecule has 2 N–H and O–H groups in total. The maximum absolute atomic E-state index is 11.4. The quantitative estimate of drug-likeness (QED) is 0.487. The number of rotatable bonds is 6. The molecule has 0 radical (unpaired) electrons. The minimum atomic E-state index is -0.569. The normalized spacial score (nSPS) is 12.3. The van der Waals surface area contributed by atoms with Crippen LogP contribution in [0, 0.1) is 20.8 Å². The maximum Gasteiger partial charge on any atom is 0.322 e. The molecule has 1 aromatic heterocycles. The zero-order chi connectivity index (χ0) is 14.4. The van der Waals surface area contributed by atoms with Crippen molar-refractivity contribution in [2.45, 2.75) is 45.3 Å². The molecule has 19 heavy (non-hydrogen) atoms. The lowest BCUT2D eigenvalue weighted by atomic mass is 10.2. The summed E-state index contributed by atoms with van der Waals surface area (Å²) in [5.41, 5.74) is 8.82. The maximum atomic E-state index is 11.4. The van der Waals surface area contributed by atoms with E-state index in [1.807, 2.05) is 20.8 Å². The van der Waals surface area contributed by atoms with E-state index in [1.165, 1.54) is 11.8 Å². The van der Waals surface area contributed by atoms with Crippen molar-refractivity contribution in [3.63, 3.8) is 0 Å². The van der Waals surface area contributed by atoms with Crippen LogP contribution in [0.2, 0.25) is 0 Å². The molecule has 0 aliphatic carbocycles. The Hall–Kier alpha value is -1.14. The van der Waals surface area contributed by atoms with Gasteiger partial charge in [0.25, 0.3) is 0 Å². The van der Waals surface area contributed by atoms with E-state index in [1.54, 1.807) is 6.92 Å². The summed E-state index contributed by atoms with van der Waals surface area (Å²) in [4.78, 5) is 20.2. The highest BCUT2D eigenvalue weighted by Gasteiger charge is 2.14. The van der Waals surface area contributed by atoms with Gasteiger partial charge in [-0.15, -0.1) is 0 Å². The summed E-state index contributed by atoms with van der Waals surface area (Å²) in [5.74, 6) is 0.349. The topological polar surface area (TPSA) is 78.1 Å². The van der Waals surface area contributed by atoms with E-state index in [0.717, 1.165) is 22.1 Å². The van der Waals surface area contributed by atoms with Gasteiger partial charge in [0.15, 0.2) is 5.16 Å². The Morgan fingerprint density at radius 1 is 1.32 bits per heavy atom. The largest absolute Gasteiger partial charge is 0.465 e. The Kier molecular flexibility index (Phi) is 6.24. The van der Waals surface area contributed by atoms with Crippen LogP contribution in [-0.2, 0) is 9.53 Å². The first-order chi connectivity index (χ1) is 8.95. The molecule has 1 heterocycles. The second-order valence-electron chi connectivity index (χ2n) is 4.30. The highest BCUT2D eigenvalue weighted by molar-refractivity contribution is 7.99. The Morgan fingerprint density at radius 2 is 1.89 bits per heavy atom. The summed E-state index contributed by atoms with van der Waals surface area (Å²) in [6.07, 6.45) is 0.554. The number of thioether (sulfide) groups is 1. The summed E-state index contributed by atoms with van der Waals surface area (Å²) in [5, 5.41) is 0.733. The van der Waals surface area contributed by atoms with Crippen molar-refractivity contribution in [2.75, 3.05) is 12.4 Å². The first-order valence-corrected chi connectivity index (χ1v) is 7.31. The van der Waals surface area contributed by atoms with Crippen molar-refractivity contribution in [1.29, 1.82) is 0 Å². The molecular weight excluding hydrogens is 262 g/mol. The van der Waals surface area contributed by atoms with Crippen molar-refractivity contribution in [3.8, 4) is 0 Å². The molecule has 0 aromatic carbocycles. The number of aryl methyl sites for hydroxylation is 2. The van der Waals surface area contributed by atoms with Gasteiger partial charge in [-0.1, -0.05) is 11.8 Å². The fourth-order valence-electron chi connectivity index (χ4n) is 1.45. The highest BCUT2D eigenvalue weighted by atomic mass is 32.2. The monoisotopic (exact) mass is 283 g/mol. The van der Waals surface area contributed by atoms with E-state index in [2.05, 4.69) is 9.97 Å². The summed E-state index contributed by atoms with van der Waals surface area (Å²) in [6.45, 7) is 8.08. The number of hydrogen-bond acceptors (Lipinski definition) is 6. The van der Waals surface area contributed by atoms with E-state index in [9.17, 15) is 4.79 Å². The molecule has 1 rings (SSSR count). The molecule has 0 spiro atoms. The molecule has 5 nitrogen and oxygen atoms in total. The molecule has 0 aliphatic heterocycles. The van der Waals surface area contributed by atoms with E-state index in [-0.39, 0.29) is 5.97 Å². The van der Waals surface area contributed by atoms with Crippen molar-refractivity contribution >= 4 is 17.7 Å². The van der Waals surface area contributed by atoms with E-state index < -0.39 is 6.04 Å². The Morgan fingerprint density at radius 3 is 2.42 bits per heavy atom. The lowest BCUT2D eigenvalue weighted by Crippen LogP contribution is -2.32. The third kappa shape index (κ3) is 4.80. The predicted molar refractivity (Wildman–Crippen MR) is 76.2 cm³/mol. The third-order valence-electron chi connectivity index (χ3n) is 2.86. The zero-order valence-corrected chi connectivity index (χ0v) is 12.7. The lowest BCUT2D eigenvalue weighted by Gasteiger charge is -2.10. The van der Waals surface area contributed by atoms with Crippen molar-refractivity contribution in [2.24, 2.45) is 5.73 Å². The smallest absolute Gasteiger partial charge is 0.322 e. The summed E-state index contributed by atoms with van der Waals surface area (Å²) >= 11 is 1.51. The molecule has 0 saturated heterocycles. The molecule has 0 bridgehead atoms. The fraction of sp³-hybridized carbons (Fsp3) is 0.615. The summed E-state index contributed by atoms with van der Waals surface area (Å²) < 4.78 is 4.86. The van der Waals surface area contributed by atoms with Gasteiger partial charge in [0.1, 0.15) is 6.04 Å². The fourth-order valence-corrected chi connectivity index (χ4v) is 2.41. The number of esters is 1. The summed E-state index contributed by atoms with van der Waals surface area (Å²) in [7, 11) is 0. The summed E-state index contributed by atoms with van der Waals surface area (Å²) in [6, 6.07) is -0.569. The molecule has 0 fully saturated rings. The van der Waals surface area contributed by atoms with E-state index in [4.69, 9.17) is 10.5 Å². The van der Waals surface area contributed by atoms with Gasteiger partial charge in [0, 0.05) is 17.1 Å². The number of aromatic nitrogens is 2. The van der Waals surface area contributed by atoms with Gasteiger partial charge < -0.3 is 10.5 Å². The number of nitrogens with two attached hydrogens (primary N) is 1. The van der Waals surface area contributed by atoms with Crippen molar-refractivity contribution in [3.05, 3.63) is 17.0 Å². The Balaban J connectivity index is 2.47. The highest BCUT2D eigenvalue weighted by Crippen LogP contribution is 2.18. The van der Waals surface area contributed by atoms with Gasteiger partial charge in [0.2, 0.25) is 0 Å². The van der Waals surface area contributed by atoms with Crippen LogP contribution in [-0.4, -0.2) is 34.3 Å². The molecule has 0 saturated carbocycles. The minimum Gasteiger partial charge on any atom is -0.465 e. The first-order valence-electron chi connectivity index (χ1n) is 6.32. The number of ether oxygens (including phenoxy) is 1. The lowest BCUT2D eigenvalue weighted by molar-refractivity contribution is -0.144. The molecule has 1 atom stereocenters. The van der Waals surface area contributed by atoms with Crippen molar-refractivity contribution < 1.29 is 9.53 Å². The van der Waals surface area contributed by atoms with Crippen LogP contribution in [0.5, 0.6) is 0 Å². The Labute approximate surface area is 118 Å². The third-order valence-corrected chi connectivity index (χ3v) is 3.74. The molecule has 0 aliphatic rings. The van der Waals surface area contributed by atoms with Crippen LogP contribution >= 0.6 is 11.8 Å². The second kappa shape index (κ2) is 7.45. The van der Waals surface area contributed by atoms with Gasteiger partial charge in [0.05, 0.1) is 6.61 Å². The standard InChI is InChI=1S/C13H21N3O2S/c1-5-18-12(17)11(14)6-7-19-13-15-9(3)8(2)10(4)16-13/h11H,5-7,14H2,1-4H3. The average molecular weight is 283 g/mol. The molecule has 1 unspecified atom stereocenters. The zero-order valence-electron chi connectivity index (χ0n) is 11.9. The van der Waals surface area contributed by atoms with Gasteiger partial charge >= 0.3 is 5.97 Å². The predicted octanol–water partition coefficient (Wildman–Crippen LogP) is 1.77. The van der Waals surface area contributed by atoms with E-state index >= 15 is 0 Å². The van der Waals surface area contributed by atoms with Crippen LogP contribution in [0.1, 0.15) is 30.3 Å². The average Bonchev–Trinajstić information content (AvgIpc) is 2.36. The molecule has 106 valence electrons. The molecular formula is C13H21N3O2S. The van der Waals surface area contributed by atoms with Gasteiger partial charge in [-0.25, -0.2) is 9.97 Å². The minimum absolute atomic E-state index is 0.347. The second-order valence-corrected chi connectivity index (χ2v) is 5.36. The van der Waals surface area contributed by atoms with Crippen LogP contribution in [0.3, 0.4) is 0 Å². The van der Waals surface area contributed by atoms with Crippen LogP contribution < -0.4 is 5.73 Å². The Bertz CT molecular complexity index is 429. The van der Waals surface area contributed by atoms with Gasteiger partial charge in [-0.05, 0) is 39.7 Å². The number of hydrogen-bond donors (Lipinski definition) is 1. The SMILES string of the molecule is CCOC(=O)C(N)CCSc1nc(C)c(C)c(C)n1. The number of nitrogens with zero attached hydrogens (tertiary/aromatic N) is 2. The van der Waals surface area contributed by atoms with Crippen molar-refractivity contribution in [1.82, 2.24) is 9.97 Å².